The van der Waals surface area contributed by atoms with E-state index in [1.54, 1.807) is 0 Å². The zero-order valence-electron chi connectivity index (χ0n) is 14.2. The van der Waals surface area contributed by atoms with Gasteiger partial charge >= 0.3 is 11.9 Å². The van der Waals surface area contributed by atoms with Crippen molar-refractivity contribution in [3.8, 4) is 0 Å². The summed E-state index contributed by atoms with van der Waals surface area (Å²) in [4.78, 5) is 24.6. The molecule has 1 aromatic carbocycles. The van der Waals surface area contributed by atoms with Gasteiger partial charge in [0.25, 0.3) is 0 Å². The summed E-state index contributed by atoms with van der Waals surface area (Å²) in [5.74, 6) is -4.22. The van der Waals surface area contributed by atoms with Crippen LogP contribution in [0.1, 0.15) is 24.6 Å². The number of nitrogens with one attached hydrogen (secondary N) is 1. The van der Waals surface area contributed by atoms with Crippen molar-refractivity contribution >= 4 is 11.9 Å². The summed E-state index contributed by atoms with van der Waals surface area (Å²) in [6.45, 7) is -2.85. The van der Waals surface area contributed by atoms with Crippen LogP contribution in [0.4, 0.5) is 17.6 Å². The van der Waals surface area contributed by atoms with Crippen LogP contribution in [0.25, 0.3) is 0 Å². The number of methoxy groups -OCH3 is 1. The first kappa shape index (κ1) is 18.9. The fraction of sp³-hybridized carbons (Fsp3) is 0.333. The molecule has 2 aliphatic rings. The van der Waals surface area contributed by atoms with E-state index in [-0.39, 0.29) is 36.1 Å². The van der Waals surface area contributed by atoms with E-state index < -0.39 is 48.8 Å². The molecule has 27 heavy (non-hydrogen) atoms. The van der Waals surface area contributed by atoms with E-state index in [0.717, 1.165) is 13.2 Å². The topological polar surface area (TPSA) is 64.6 Å². The molecule has 0 bridgehead atoms. The highest BCUT2D eigenvalue weighted by Gasteiger charge is 2.44. The second-order valence-corrected chi connectivity index (χ2v) is 5.91. The number of hydrogen-bond acceptors (Lipinski definition) is 5. The van der Waals surface area contributed by atoms with Gasteiger partial charge in [-0.15, -0.1) is 0 Å². The van der Waals surface area contributed by atoms with Crippen molar-refractivity contribution in [2.24, 2.45) is 0 Å². The fourth-order valence-corrected chi connectivity index (χ4v) is 3.36. The lowest BCUT2D eigenvalue weighted by atomic mass is 9.78. The Morgan fingerprint density at radius 1 is 1.44 bits per heavy atom. The van der Waals surface area contributed by atoms with Gasteiger partial charge in [-0.3, -0.25) is 0 Å². The van der Waals surface area contributed by atoms with Crippen LogP contribution < -0.4 is 5.32 Å². The lowest BCUT2D eigenvalue weighted by Gasteiger charge is -2.29. The Labute approximate surface area is 153 Å². The number of hydrogen-bond donors (Lipinski definition) is 1. The maximum absolute atomic E-state index is 14.3. The third-order valence-electron chi connectivity index (χ3n) is 4.48. The Hall–Kier alpha value is -2.84. The third kappa shape index (κ3) is 3.07. The van der Waals surface area contributed by atoms with Gasteiger partial charge in [-0.2, -0.15) is 0 Å². The lowest BCUT2D eigenvalue weighted by Crippen LogP contribution is -2.32. The first-order valence-electron chi connectivity index (χ1n) is 7.97. The minimum absolute atomic E-state index is 0. The molecule has 0 aliphatic carbocycles. The normalized spacial score (nSPS) is 20.2. The number of ether oxygens (including phenoxy) is 2. The molecule has 9 heteroatoms. The number of dihydropyridines is 1. The van der Waals surface area contributed by atoms with Crippen LogP contribution in [0, 0.1) is 5.82 Å². The maximum Gasteiger partial charge on any atom is 0.337 e. The van der Waals surface area contributed by atoms with Crippen LogP contribution in [0.2, 0.25) is 0 Å². The molecule has 0 saturated carbocycles. The van der Waals surface area contributed by atoms with Crippen molar-refractivity contribution in [1.82, 2.24) is 5.32 Å². The van der Waals surface area contributed by atoms with Crippen molar-refractivity contribution in [3.63, 3.8) is 0 Å². The highest BCUT2D eigenvalue weighted by molar-refractivity contribution is 6.01. The van der Waals surface area contributed by atoms with Crippen LogP contribution in [0.15, 0.2) is 40.7 Å². The van der Waals surface area contributed by atoms with Gasteiger partial charge < -0.3 is 14.8 Å². The summed E-state index contributed by atoms with van der Waals surface area (Å²) in [7, 11) is 1.05. The number of alkyl halides is 3. The van der Waals surface area contributed by atoms with E-state index in [9.17, 15) is 27.2 Å². The first-order valence-corrected chi connectivity index (χ1v) is 7.97. The maximum atomic E-state index is 14.3. The molecule has 0 amide bonds. The Morgan fingerprint density at radius 3 is 2.81 bits per heavy atom. The number of cyclic esters (lactones) is 1. The minimum Gasteiger partial charge on any atom is -0.466 e. The van der Waals surface area contributed by atoms with Crippen LogP contribution in [0.3, 0.4) is 0 Å². The van der Waals surface area contributed by atoms with E-state index in [1.807, 2.05) is 0 Å². The minimum atomic E-state index is -2.33. The number of rotatable bonds is 5. The van der Waals surface area contributed by atoms with E-state index in [0.29, 0.717) is 0 Å². The first-order chi connectivity index (χ1) is 12.9. The molecule has 0 unspecified atom stereocenters. The van der Waals surface area contributed by atoms with Crippen molar-refractivity contribution in [3.05, 3.63) is 57.7 Å². The lowest BCUT2D eigenvalue weighted by molar-refractivity contribution is -0.136. The second-order valence-electron chi connectivity index (χ2n) is 5.91. The molecule has 3 rings (SSSR count). The van der Waals surface area contributed by atoms with Gasteiger partial charge in [-0.1, -0.05) is 12.1 Å². The van der Waals surface area contributed by atoms with E-state index in [4.69, 9.17) is 4.74 Å². The standard InChI is InChI=1S/C18H15F4NO4.H2/c1-26-17(24)15-11(6-20)23-12-7-27-18(25)16(12)14(15)8-3-2-4-9(21)13(8)10(22)5-19;/h2-4,10,14,23H,5-7H2,1H3;1H/t10-,14+;/m1./s1. The Kier molecular flexibility index (Phi) is 5.20. The van der Waals surface area contributed by atoms with Gasteiger partial charge in [0.2, 0.25) is 0 Å². The van der Waals surface area contributed by atoms with Gasteiger partial charge in [-0.05, 0) is 11.6 Å². The molecule has 1 aromatic rings. The number of carbonyl (C=O) groups is 2. The highest BCUT2D eigenvalue weighted by Crippen LogP contribution is 2.44. The molecule has 2 atom stereocenters. The third-order valence-corrected chi connectivity index (χ3v) is 4.48. The summed E-state index contributed by atoms with van der Waals surface area (Å²) in [5.41, 5.74) is -1.26. The summed E-state index contributed by atoms with van der Waals surface area (Å²) < 4.78 is 64.7. The van der Waals surface area contributed by atoms with Gasteiger partial charge in [0.05, 0.1) is 35.6 Å². The molecule has 2 heterocycles. The molecule has 0 radical (unpaired) electrons. The molecular formula is C18H17F4NO4. The summed E-state index contributed by atoms with van der Waals surface area (Å²) in [6, 6.07) is 3.42. The smallest absolute Gasteiger partial charge is 0.337 e. The molecule has 146 valence electrons. The quantitative estimate of drug-likeness (QED) is 0.622. The molecule has 5 nitrogen and oxygen atoms in total. The van der Waals surface area contributed by atoms with Crippen molar-refractivity contribution < 1.29 is 38.1 Å². The van der Waals surface area contributed by atoms with Crippen LogP contribution in [-0.2, 0) is 19.1 Å². The SMILES string of the molecule is COC(=O)C1=C(CF)NC2=C(C(=O)OC2)[C@H]1c1cccc(F)c1[C@H](F)CF.[HH]. The average Bonchev–Trinajstić information content (AvgIpc) is 3.05. The van der Waals surface area contributed by atoms with Gasteiger partial charge in [0.15, 0.2) is 6.17 Å². The number of halogens is 4. The summed E-state index contributed by atoms with van der Waals surface area (Å²) in [6.07, 6.45) is -2.33. The molecular weight excluding hydrogens is 370 g/mol. The molecule has 0 spiro atoms. The Morgan fingerprint density at radius 2 is 2.19 bits per heavy atom. The zero-order chi connectivity index (χ0) is 19.7. The number of carbonyl (C=O) groups excluding carboxylic acids is 2. The fourth-order valence-electron chi connectivity index (χ4n) is 3.36. The van der Waals surface area contributed by atoms with Crippen LogP contribution in [0.5, 0.6) is 0 Å². The van der Waals surface area contributed by atoms with Crippen LogP contribution in [-0.4, -0.2) is 39.0 Å². The van der Waals surface area contributed by atoms with Gasteiger partial charge in [0, 0.05) is 6.99 Å². The number of allylic oxidation sites excluding steroid dienone is 1. The Balaban J connectivity index is 0.00000280. The predicted molar refractivity (Wildman–Crippen MR) is 87.2 cm³/mol. The number of benzene rings is 1. The second kappa shape index (κ2) is 7.42. The highest BCUT2D eigenvalue weighted by atomic mass is 19.2. The van der Waals surface area contributed by atoms with Gasteiger partial charge in [0.1, 0.15) is 25.8 Å². The molecule has 0 fully saturated rings. The van der Waals surface area contributed by atoms with Crippen LogP contribution >= 0.6 is 0 Å². The molecule has 0 aromatic heterocycles. The van der Waals surface area contributed by atoms with Crippen molar-refractivity contribution in [2.75, 3.05) is 27.1 Å². The van der Waals surface area contributed by atoms with Gasteiger partial charge in [-0.25, -0.2) is 27.2 Å². The Bertz CT molecular complexity index is 871. The number of esters is 2. The molecule has 0 saturated heterocycles. The largest absolute Gasteiger partial charge is 0.466 e. The zero-order valence-corrected chi connectivity index (χ0v) is 14.2. The van der Waals surface area contributed by atoms with E-state index >= 15 is 0 Å². The summed E-state index contributed by atoms with van der Waals surface area (Å²) >= 11 is 0. The summed E-state index contributed by atoms with van der Waals surface area (Å²) in [5, 5.41) is 2.61. The van der Waals surface area contributed by atoms with E-state index in [1.165, 1.54) is 12.1 Å². The molecule has 1 N–H and O–H groups in total. The predicted octanol–water partition coefficient (Wildman–Crippen LogP) is 2.95. The van der Waals surface area contributed by atoms with Crippen molar-refractivity contribution in [1.29, 1.82) is 0 Å². The molecule has 2 aliphatic heterocycles. The average molecular weight is 387 g/mol. The monoisotopic (exact) mass is 387 g/mol. The van der Waals surface area contributed by atoms with E-state index in [2.05, 4.69) is 10.1 Å². The van der Waals surface area contributed by atoms with Crippen molar-refractivity contribution in [2.45, 2.75) is 12.1 Å².